The summed E-state index contributed by atoms with van der Waals surface area (Å²) in [6, 6.07) is 10.0. The lowest BCUT2D eigenvalue weighted by Gasteiger charge is -2.14. The number of thioether (sulfide) groups is 1. The van der Waals surface area contributed by atoms with Crippen LogP contribution in [0.15, 0.2) is 30.3 Å². The summed E-state index contributed by atoms with van der Waals surface area (Å²) in [6.07, 6.45) is 2.96. The summed E-state index contributed by atoms with van der Waals surface area (Å²) in [5, 5.41) is 3.15. The summed E-state index contributed by atoms with van der Waals surface area (Å²) >= 11 is 1.76. The second-order valence-electron chi connectivity index (χ2n) is 4.60. The van der Waals surface area contributed by atoms with E-state index in [0.29, 0.717) is 6.54 Å². The Balaban J connectivity index is 1.70. The average molecular weight is 264 g/mol. The third-order valence-corrected chi connectivity index (χ3v) is 4.58. The van der Waals surface area contributed by atoms with Gasteiger partial charge in [-0.2, -0.15) is 0 Å². The van der Waals surface area contributed by atoms with E-state index >= 15 is 0 Å². The molecule has 1 aliphatic heterocycles. The largest absolute Gasteiger partial charge is 0.355 e. The van der Waals surface area contributed by atoms with Crippen LogP contribution in [0.4, 0.5) is 0 Å². The summed E-state index contributed by atoms with van der Waals surface area (Å²) < 4.78 is 0. The molecule has 0 spiro atoms. The van der Waals surface area contributed by atoms with Crippen LogP contribution in [-0.2, 0) is 4.79 Å². The predicted octanol–water partition coefficient (Wildman–Crippen LogP) is 2.09. The molecule has 98 valence electrons. The van der Waals surface area contributed by atoms with Gasteiger partial charge in [0.1, 0.15) is 0 Å². The third kappa shape index (κ3) is 3.75. The number of hydrogen-bond acceptors (Lipinski definition) is 3. The van der Waals surface area contributed by atoms with Crippen molar-refractivity contribution in [2.75, 3.05) is 12.3 Å². The van der Waals surface area contributed by atoms with E-state index in [1.54, 1.807) is 11.8 Å². The maximum Gasteiger partial charge on any atom is 0.233 e. The van der Waals surface area contributed by atoms with E-state index in [1.165, 1.54) is 0 Å². The molecule has 3 nitrogen and oxygen atoms in total. The molecule has 1 amide bonds. The highest BCUT2D eigenvalue weighted by Crippen LogP contribution is 2.26. The Morgan fingerprint density at radius 2 is 2.22 bits per heavy atom. The Labute approximate surface area is 113 Å². The van der Waals surface area contributed by atoms with Gasteiger partial charge in [-0.15, -0.1) is 11.8 Å². The van der Waals surface area contributed by atoms with Crippen LogP contribution in [0.2, 0.25) is 0 Å². The van der Waals surface area contributed by atoms with Crippen molar-refractivity contribution in [3.63, 3.8) is 0 Å². The van der Waals surface area contributed by atoms with E-state index in [4.69, 9.17) is 5.73 Å². The molecule has 2 atom stereocenters. The number of carbonyl (C=O) groups excluding carboxylic acids is 1. The fraction of sp³-hybridized carbons (Fsp3) is 0.500. The number of carbonyl (C=O) groups is 1. The molecule has 1 fully saturated rings. The van der Waals surface area contributed by atoms with Crippen LogP contribution in [0.5, 0.6) is 0 Å². The highest BCUT2D eigenvalue weighted by Gasteiger charge is 2.22. The van der Waals surface area contributed by atoms with Crippen molar-refractivity contribution in [3.05, 3.63) is 35.9 Å². The van der Waals surface area contributed by atoms with E-state index in [1.807, 2.05) is 30.3 Å². The molecule has 0 saturated carbocycles. The standard InChI is InChI=1S/C14H20N2OS/c15-12(11-5-2-1-3-6-11)8-9-16-14(17)13-7-4-10-18-13/h1-3,5-6,12-13H,4,7-10,15H2,(H,16,17). The van der Waals surface area contributed by atoms with E-state index in [0.717, 1.165) is 30.6 Å². The van der Waals surface area contributed by atoms with E-state index in [-0.39, 0.29) is 17.2 Å². The monoisotopic (exact) mass is 264 g/mol. The molecule has 1 aliphatic rings. The molecule has 1 saturated heterocycles. The van der Waals surface area contributed by atoms with Gasteiger partial charge in [0.2, 0.25) is 5.91 Å². The molecule has 1 aromatic rings. The fourth-order valence-corrected chi connectivity index (χ4v) is 3.30. The molecule has 1 heterocycles. The minimum Gasteiger partial charge on any atom is -0.355 e. The number of nitrogens with one attached hydrogen (secondary N) is 1. The van der Waals surface area contributed by atoms with Gasteiger partial charge in [0, 0.05) is 12.6 Å². The lowest BCUT2D eigenvalue weighted by Crippen LogP contribution is -2.33. The molecule has 0 radical (unpaired) electrons. The first-order valence-electron chi connectivity index (χ1n) is 6.47. The highest BCUT2D eigenvalue weighted by atomic mass is 32.2. The first-order chi connectivity index (χ1) is 8.77. The van der Waals surface area contributed by atoms with Gasteiger partial charge in [-0.3, -0.25) is 4.79 Å². The SMILES string of the molecule is NC(CCNC(=O)C1CCCS1)c1ccccc1. The zero-order chi connectivity index (χ0) is 12.8. The summed E-state index contributed by atoms with van der Waals surface area (Å²) in [5.74, 6) is 1.29. The topological polar surface area (TPSA) is 55.1 Å². The Morgan fingerprint density at radius 3 is 2.89 bits per heavy atom. The second kappa shape index (κ2) is 6.81. The van der Waals surface area contributed by atoms with Crippen LogP contribution in [0.3, 0.4) is 0 Å². The second-order valence-corrected chi connectivity index (χ2v) is 5.91. The van der Waals surface area contributed by atoms with Gasteiger partial charge in [-0.25, -0.2) is 0 Å². The molecule has 1 aromatic carbocycles. The fourth-order valence-electron chi connectivity index (χ4n) is 2.12. The molecular formula is C14H20N2OS. The maximum absolute atomic E-state index is 11.8. The van der Waals surface area contributed by atoms with Crippen molar-refractivity contribution < 1.29 is 4.79 Å². The van der Waals surface area contributed by atoms with Crippen molar-refractivity contribution in [3.8, 4) is 0 Å². The van der Waals surface area contributed by atoms with E-state index in [9.17, 15) is 4.79 Å². The normalized spacial score (nSPS) is 20.6. The minimum absolute atomic E-state index is 0.00253. The summed E-state index contributed by atoms with van der Waals surface area (Å²) in [4.78, 5) is 11.8. The van der Waals surface area contributed by atoms with Gasteiger partial charge in [-0.1, -0.05) is 30.3 Å². The molecule has 0 aromatic heterocycles. The Bertz CT molecular complexity index is 377. The molecule has 0 aliphatic carbocycles. The number of benzene rings is 1. The van der Waals surface area contributed by atoms with Crippen molar-refractivity contribution in [1.29, 1.82) is 0 Å². The van der Waals surface area contributed by atoms with Crippen LogP contribution in [0.1, 0.15) is 30.9 Å². The molecular weight excluding hydrogens is 244 g/mol. The van der Waals surface area contributed by atoms with Crippen LogP contribution < -0.4 is 11.1 Å². The molecule has 0 bridgehead atoms. The zero-order valence-electron chi connectivity index (χ0n) is 10.5. The predicted molar refractivity (Wildman–Crippen MR) is 76.5 cm³/mol. The smallest absolute Gasteiger partial charge is 0.233 e. The molecule has 2 rings (SSSR count). The molecule has 2 unspecified atom stereocenters. The van der Waals surface area contributed by atoms with Gasteiger partial charge >= 0.3 is 0 Å². The summed E-state index contributed by atoms with van der Waals surface area (Å²) in [6.45, 7) is 0.659. The molecule has 18 heavy (non-hydrogen) atoms. The van der Waals surface area contributed by atoms with Gasteiger partial charge in [0.25, 0.3) is 0 Å². The van der Waals surface area contributed by atoms with Gasteiger partial charge in [0.05, 0.1) is 5.25 Å². The lowest BCUT2D eigenvalue weighted by molar-refractivity contribution is -0.120. The minimum atomic E-state index is 0.00253. The quantitative estimate of drug-likeness (QED) is 0.856. The van der Waals surface area contributed by atoms with Gasteiger partial charge in [0.15, 0.2) is 0 Å². The Morgan fingerprint density at radius 1 is 1.44 bits per heavy atom. The highest BCUT2D eigenvalue weighted by molar-refractivity contribution is 8.00. The Hall–Kier alpha value is -1.00. The summed E-state index contributed by atoms with van der Waals surface area (Å²) in [5.41, 5.74) is 7.21. The van der Waals surface area contributed by atoms with Crippen LogP contribution >= 0.6 is 11.8 Å². The average Bonchev–Trinajstić information content (AvgIpc) is 2.93. The summed E-state index contributed by atoms with van der Waals surface area (Å²) in [7, 11) is 0. The van der Waals surface area contributed by atoms with Crippen LogP contribution in [0.25, 0.3) is 0 Å². The van der Waals surface area contributed by atoms with Crippen molar-refractivity contribution in [2.45, 2.75) is 30.6 Å². The molecule has 3 N–H and O–H groups in total. The van der Waals surface area contributed by atoms with Crippen LogP contribution in [0, 0.1) is 0 Å². The Kier molecular flexibility index (Phi) is 5.08. The van der Waals surface area contributed by atoms with Gasteiger partial charge < -0.3 is 11.1 Å². The number of nitrogens with two attached hydrogens (primary N) is 1. The van der Waals surface area contributed by atoms with Crippen molar-refractivity contribution >= 4 is 17.7 Å². The van der Waals surface area contributed by atoms with E-state index < -0.39 is 0 Å². The number of amides is 1. The van der Waals surface area contributed by atoms with Crippen LogP contribution in [-0.4, -0.2) is 23.5 Å². The van der Waals surface area contributed by atoms with Crippen molar-refractivity contribution in [2.24, 2.45) is 5.73 Å². The number of rotatable bonds is 5. The van der Waals surface area contributed by atoms with E-state index in [2.05, 4.69) is 5.32 Å². The van der Waals surface area contributed by atoms with Gasteiger partial charge in [-0.05, 0) is 30.6 Å². The van der Waals surface area contributed by atoms with Crippen molar-refractivity contribution in [1.82, 2.24) is 5.32 Å². The first kappa shape index (κ1) is 13.4. The number of hydrogen-bond donors (Lipinski definition) is 2. The third-order valence-electron chi connectivity index (χ3n) is 3.20. The zero-order valence-corrected chi connectivity index (χ0v) is 11.3. The lowest BCUT2D eigenvalue weighted by atomic mass is 10.1. The maximum atomic E-state index is 11.8. The molecule has 4 heteroatoms. The first-order valence-corrected chi connectivity index (χ1v) is 7.52.